The van der Waals surface area contributed by atoms with Crippen LogP contribution in [0.3, 0.4) is 0 Å². The Labute approximate surface area is 81.8 Å². The zero-order valence-electron chi connectivity index (χ0n) is 8.00. The van der Waals surface area contributed by atoms with E-state index in [4.69, 9.17) is 5.26 Å². The van der Waals surface area contributed by atoms with E-state index in [1.807, 2.05) is 6.07 Å². The fraction of sp³-hybridized carbons (Fsp3) is 0.444. The van der Waals surface area contributed by atoms with Crippen molar-refractivity contribution in [2.24, 2.45) is 0 Å². The average molecular weight is 192 g/mol. The van der Waals surface area contributed by atoms with Gasteiger partial charge in [0.05, 0.1) is 0 Å². The van der Waals surface area contributed by atoms with E-state index in [0.717, 1.165) is 19.4 Å². The number of hydrogen-bond acceptors (Lipinski definition) is 4. The molecule has 0 aliphatic rings. The molecule has 0 aliphatic heterocycles. The minimum Gasteiger partial charge on any atom is -0.370 e. The van der Waals surface area contributed by atoms with Gasteiger partial charge in [-0.25, -0.2) is 4.79 Å². The molecule has 14 heavy (non-hydrogen) atoms. The molecule has 1 aromatic heterocycles. The number of unbranched alkanes of at least 4 members (excludes halogenated alkanes) is 1. The molecule has 0 unspecified atom stereocenters. The van der Waals surface area contributed by atoms with E-state index in [0.29, 0.717) is 5.82 Å². The first-order chi connectivity index (χ1) is 6.76. The van der Waals surface area contributed by atoms with Crippen molar-refractivity contribution < 1.29 is 0 Å². The SMILES string of the molecule is CCCCNc1cc(C#N)[nH]c(=O)n1. The van der Waals surface area contributed by atoms with E-state index in [1.165, 1.54) is 6.07 Å². The number of aromatic nitrogens is 2. The number of nitriles is 1. The van der Waals surface area contributed by atoms with Crippen LogP contribution in [0.4, 0.5) is 5.82 Å². The lowest BCUT2D eigenvalue weighted by molar-refractivity contribution is 0.829. The van der Waals surface area contributed by atoms with Gasteiger partial charge in [-0.3, -0.25) is 4.98 Å². The number of anilines is 1. The Balaban J connectivity index is 2.73. The minimum atomic E-state index is -0.497. The van der Waals surface area contributed by atoms with E-state index < -0.39 is 5.69 Å². The predicted octanol–water partition coefficient (Wildman–Crippen LogP) is 0.854. The lowest BCUT2D eigenvalue weighted by Gasteiger charge is -2.02. The van der Waals surface area contributed by atoms with Crippen LogP contribution in [-0.2, 0) is 0 Å². The van der Waals surface area contributed by atoms with Gasteiger partial charge in [-0.1, -0.05) is 13.3 Å². The molecule has 0 atom stereocenters. The summed E-state index contributed by atoms with van der Waals surface area (Å²) >= 11 is 0. The Morgan fingerprint density at radius 3 is 3.14 bits per heavy atom. The lowest BCUT2D eigenvalue weighted by Crippen LogP contribution is -2.15. The van der Waals surface area contributed by atoms with Gasteiger partial charge in [-0.15, -0.1) is 0 Å². The van der Waals surface area contributed by atoms with Gasteiger partial charge >= 0.3 is 5.69 Å². The maximum atomic E-state index is 10.9. The second kappa shape index (κ2) is 5.02. The molecule has 74 valence electrons. The number of nitrogens with zero attached hydrogens (tertiary/aromatic N) is 2. The molecule has 0 aromatic carbocycles. The summed E-state index contributed by atoms with van der Waals surface area (Å²) in [6, 6.07) is 3.39. The van der Waals surface area contributed by atoms with Gasteiger partial charge in [0.25, 0.3) is 0 Å². The summed E-state index contributed by atoms with van der Waals surface area (Å²) in [4.78, 5) is 16.9. The Bertz CT molecular complexity index is 391. The van der Waals surface area contributed by atoms with Crippen LogP contribution < -0.4 is 11.0 Å². The second-order valence-corrected chi connectivity index (χ2v) is 2.88. The molecule has 0 fully saturated rings. The normalized spacial score (nSPS) is 9.43. The molecular formula is C9H12N4O. The second-order valence-electron chi connectivity index (χ2n) is 2.88. The van der Waals surface area contributed by atoms with Gasteiger partial charge < -0.3 is 5.32 Å². The molecule has 5 nitrogen and oxygen atoms in total. The molecule has 1 rings (SSSR count). The van der Waals surface area contributed by atoms with E-state index in [2.05, 4.69) is 22.2 Å². The van der Waals surface area contributed by atoms with Crippen LogP contribution in [-0.4, -0.2) is 16.5 Å². The number of hydrogen-bond donors (Lipinski definition) is 2. The Kier molecular flexibility index (Phi) is 3.68. The largest absolute Gasteiger partial charge is 0.370 e. The third-order valence-corrected chi connectivity index (χ3v) is 1.70. The first-order valence-corrected chi connectivity index (χ1v) is 4.51. The van der Waals surface area contributed by atoms with Crippen LogP contribution in [0.5, 0.6) is 0 Å². The van der Waals surface area contributed by atoms with E-state index >= 15 is 0 Å². The molecule has 5 heteroatoms. The van der Waals surface area contributed by atoms with Crippen LogP contribution in [0.2, 0.25) is 0 Å². The Morgan fingerprint density at radius 1 is 1.71 bits per heavy atom. The number of aromatic amines is 1. The van der Waals surface area contributed by atoms with Crippen molar-refractivity contribution in [3.63, 3.8) is 0 Å². The maximum absolute atomic E-state index is 10.9. The van der Waals surface area contributed by atoms with Gasteiger partial charge in [0.15, 0.2) is 0 Å². The van der Waals surface area contributed by atoms with Crippen molar-refractivity contribution >= 4 is 5.82 Å². The van der Waals surface area contributed by atoms with E-state index in [-0.39, 0.29) is 5.69 Å². The van der Waals surface area contributed by atoms with Crippen molar-refractivity contribution in [1.82, 2.24) is 9.97 Å². The van der Waals surface area contributed by atoms with Gasteiger partial charge in [0, 0.05) is 12.6 Å². The van der Waals surface area contributed by atoms with Crippen LogP contribution in [0.25, 0.3) is 0 Å². The van der Waals surface area contributed by atoms with Crippen molar-refractivity contribution in [3.8, 4) is 6.07 Å². The standard InChI is InChI=1S/C9H12N4O/c1-2-3-4-11-8-5-7(6-10)12-9(14)13-8/h5H,2-4H2,1H3,(H2,11,12,13,14). The zero-order chi connectivity index (χ0) is 10.4. The smallest absolute Gasteiger partial charge is 0.347 e. The molecular weight excluding hydrogens is 180 g/mol. The highest BCUT2D eigenvalue weighted by atomic mass is 16.1. The molecule has 0 bridgehead atoms. The maximum Gasteiger partial charge on any atom is 0.347 e. The monoisotopic (exact) mass is 192 g/mol. The summed E-state index contributed by atoms with van der Waals surface area (Å²) in [5.41, 5.74) is -0.271. The van der Waals surface area contributed by atoms with Crippen LogP contribution in [0.1, 0.15) is 25.5 Å². The van der Waals surface area contributed by atoms with Crippen LogP contribution in [0, 0.1) is 11.3 Å². The highest BCUT2D eigenvalue weighted by Gasteiger charge is 1.98. The van der Waals surface area contributed by atoms with Crippen molar-refractivity contribution in [3.05, 3.63) is 22.2 Å². The molecule has 1 heterocycles. The number of rotatable bonds is 4. The number of H-pyrrole nitrogens is 1. The molecule has 0 aliphatic carbocycles. The van der Waals surface area contributed by atoms with Crippen LogP contribution in [0.15, 0.2) is 10.9 Å². The molecule has 0 saturated carbocycles. The minimum absolute atomic E-state index is 0.226. The summed E-state index contributed by atoms with van der Waals surface area (Å²) in [6.07, 6.45) is 2.08. The molecule has 0 spiro atoms. The topological polar surface area (TPSA) is 81.6 Å². The Hall–Kier alpha value is -1.83. The lowest BCUT2D eigenvalue weighted by atomic mass is 10.3. The molecule has 0 saturated heterocycles. The average Bonchev–Trinajstić information content (AvgIpc) is 2.17. The summed E-state index contributed by atoms with van der Waals surface area (Å²) in [5, 5.41) is 11.6. The van der Waals surface area contributed by atoms with Crippen molar-refractivity contribution in [1.29, 1.82) is 5.26 Å². The van der Waals surface area contributed by atoms with Gasteiger partial charge in [0.1, 0.15) is 17.6 Å². The van der Waals surface area contributed by atoms with Crippen molar-refractivity contribution in [2.45, 2.75) is 19.8 Å². The third-order valence-electron chi connectivity index (χ3n) is 1.70. The number of nitrogens with one attached hydrogen (secondary N) is 2. The van der Waals surface area contributed by atoms with E-state index in [9.17, 15) is 4.79 Å². The molecule has 1 aromatic rings. The fourth-order valence-electron chi connectivity index (χ4n) is 1.00. The zero-order valence-corrected chi connectivity index (χ0v) is 8.00. The first-order valence-electron chi connectivity index (χ1n) is 4.51. The van der Waals surface area contributed by atoms with Gasteiger partial charge in [-0.05, 0) is 6.42 Å². The van der Waals surface area contributed by atoms with Gasteiger partial charge in [0.2, 0.25) is 0 Å². The molecule has 2 N–H and O–H groups in total. The highest BCUT2D eigenvalue weighted by Crippen LogP contribution is 2.00. The van der Waals surface area contributed by atoms with E-state index in [1.54, 1.807) is 0 Å². The summed E-state index contributed by atoms with van der Waals surface area (Å²) in [5.74, 6) is 0.457. The first kappa shape index (κ1) is 10.3. The summed E-state index contributed by atoms with van der Waals surface area (Å²) in [7, 11) is 0. The predicted molar refractivity (Wildman–Crippen MR) is 53.0 cm³/mol. The third kappa shape index (κ3) is 2.90. The molecule has 0 radical (unpaired) electrons. The van der Waals surface area contributed by atoms with Crippen LogP contribution >= 0.6 is 0 Å². The van der Waals surface area contributed by atoms with Crippen molar-refractivity contribution in [2.75, 3.05) is 11.9 Å². The summed E-state index contributed by atoms with van der Waals surface area (Å²) in [6.45, 7) is 2.84. The quantitative estimate of drug-likeness (QED) is 0.693. The molecule has 0 amide bonds. The highest BCUT2D eigenvalue weighted by molar-refractivity contribution is 5.38. The van der Waals surface area contributed by atoms with Gasteiger partial charge in [-0.2, -0.15) is 10.2 Å². The summed E-state index contributed by atoms with van der Waals surface area (Å²) < 4.78 is 0. The fourth-order valence-corrected chi connectivity index (χ4v) is 1.00. The Morgan fingerprint density at radius 2 is 2.50 bits per heavy atom.